The third-order valence-corrected chi connectivity index (χ3v) is 7.48. The Bertz CT molecular complexity index is 1670. The Morgan fingerprint density at radius 1 is 1.12 bits per heavy atom. The van der Waals surface area contributed by atoms with E-state index in [9.17, 15) is 14.0 Å². The summed E-state index contributed by atoms with van der Waals surface area (Å²) in [5.74, 6) is -0.673. The SMILES string of the molecule is COc1cc(F)ccc1C(=O)NCc1ccc(-c2nn3c(c2C(N)=O)Nc2ccc(C(C)(C)C)cc2CC3)cc1C. The number of nitrogens with two attached hydrogens (primary N) is 1. The van der Waals surface area contributed by atoms with Gasteiger partial charge in [0.05, 0.1) is 12.7 Å². The fourth-order valence-electron chi connectivity index (χ4n) is 5.09. The summed E-state index contributed by atoms with van der Waals surface area (Å²) in [7, 11) is 1.39. The number of hydrogen-bond donors (Lipinski definition) is 3. The number of ether oxygens (including phenoxy) is 1. The molecule has 212 valence electrons. The Morgan fingerprint density at radius 3 is 2.59 bits per heavy atom. The molecule has 4 aromatic rings. The molecule has 5 rings (SSSR count). The summed E-state index contributed by atoms with van der Waals surface area (Å²) < 4.78 is 20.5. The number of carbonyl (C=O) groups is 2. The monoisotopic (exact) mass is 555 g/mol. The second-order valence-corrected chi connectivity index (χ2v) is 11.3. The van der Waals surface area contributed by atoms with E-state index in [1.54, 1.807) is 0 Å². The number of anilines is 2. The molecule has 0 radical (unpaired) electrons. The Hall–Kier alpha value is -4.66. The van der Waals surface area contributed by atoms with Gasteiger partial charge in [-0.05, 0) is 65.3 Å². The molecular formula is C32H34FN5O3. The zero-order valence-electron chi connectivity index (χ0n) is 23.9. The molecule has 0 saturated carbocycles. The summed E-state index contributed by atoms with van der Waals surface area (Å²) in [6, 6.07) is 15.8. The standard InChI is InChI=1S/C32H34FN5O3/c1-18-14-20(6-7-21(18)17-35-31(40)24-10-9-23(33)16-26(24)41-5)28-27(29(34)39)30-36-25-11-8-22(32(2,3)4)15-19(25)12-13-38(30)37-28/h6-11,14-16,36H,12-13,17H2,1-5H3,(H2,34,39)(H,35,40). The molecule has 1 aliphatic heterocycles. The minimum absolute atomic E-state index is 0.0289. The van der Waals surface area contributed by atoms with Gasteiger partial charge in [0.1, 0.15) is 28.6 Å². The molecule has 0 unspecified atom stereocenters. The second-order valence-electron chi connectivity index (χ2n) is 11.3. The largest absolute Gasteiger partial charge is 0.496 e. The summed E-state index contributed by atoms with van der Waals surface area (Å²) in [5.41, 5.74) is 12.9. The van der Waals surface area contributed by atoms with Gasteiger partial charge < -0.3 is 21.1 Å². The van der Waals surface area contributed by atoms with E-state index in [0.29, 0.717) is 23.6 Å². The number of methoxy groups -OCH3 is 1. The van der Waals surface area contributed by atoms with Gasteiger partial charge in [0.25, 0.3) is 11.8 Å². The average molecular weight is 556 g/mol. The Labute approximate surface area is 238 Å². The second kappa shape index (κ2) is 10.7. The molecule has 2 heterocycles. The van der Waals surface area contributed by atoms with Crippen molar-refractivity contribution in [3.05, 3.63) is 93.8 Å². The number of nitrogens with zero attached hydrogens (tertiary/aromatic N) is 2. The van der Waals surface area contributed by atoms with Crippen LogP contribution in [0.2, 0.25) is 0 Å². The maximum Gasteiger partial charge on any atom is 0.255 e. The van der Waals surface area contributed by atoms with Crippen molar-refractivity contribution in [2.24, 2.45) is 5.73 Å². The third-order valence-electron chi connectivity index (χ3n) is 7.48. The van der Waals surface area contributed by atoms with E-state index in [1.807, 2.05) is 29.8 Å². The van der Waals surface area contributed by atoms with Gasteiger partial charge in [0.15, 0.2) is 0 Å². The van der Waals surface area contributed by atoms with Crippen LogP contribution in [-0.2, 0) is 24.9 Å². The summed E-state index contributed by atoms with van der Waals surface area (Å²) in [6.45, 7) is 9.33. The van der Waals surface area contributed by atoms with E-state index >= 15 is 0 Å². The average Bonchev–Trinajstić information content (AvgIpc) is 3.19. The van der Waals surface area contributed by atoms with E-state index < -0.39 is 11.7 Å². The number of benzene rings is 3. The number of amides is 2. The summed E-state index contributed by atoms with van der Waals surface area (Å²) >= 11 is 0. The van der Waals surface area contributed by atoms with Crippen LogP contribution in [0, 0.1) is 12.7 Å². The lowest BCUT2D eigenvalue weighted by Crippen LogP contribution is -2.23. The van der Waals surface area contributed by atoms with Gasteiger partial charge in [-0.15, -0.1) is 0 Å². The lowest BCUT2D eigenvalue weighted by Gasteiger charge is -2.21. The zero-order valence-corrected chi connectivity index (χ0v) is 23.9. The Morgan fingerprint density at radius 2 is 1.90 bits per heavy atom. The molecule has 0 bridgehead atoms. The molecule has 0 aliphatic carbocycles. The first-order chi connectivity index (χ1) is 19.5. The number of halogens is 1. The van der Waals surface area contributed by atoms with E-state index in [4.69, 9.17) is 15.6 Å². The molecule has 3 aromatic carbocycles. The Balaban J connectivity index is 1.40. The van der Waals surface area contributed by atoms with Crippen LogP contribution in [0.1, 0.15) is 63.7 Å². The van der Waals surface area contributed by atoms with Crippen molar-refractivity contribution in [3.63, 3.8) is 0 Å². The van der Waals surface area contributed by atoms with Crippen molar-refractivity contribution < 1.29 is 18.7 Å². The number of hydrogen-bond acceptors (Lipinski definition) is 5. The minimum Gasteiger partial charge on any atom is -0.496 e. The number of fused-ring (bicyclic) bond motifs is 2. The highest BCUT2D eigenvalue weighted by Crippen LogP contribution is 2.36. The van der Waals surface area contributed by atoms with Crippen molar-refractivity contribution in [2.75, 3.05) is 12.4 Å². The molecule has 1 aromatic heterocycles. The third kappa shape index (κ3) is 5.52. The summed E-state index contributed by atoms with van der Waals surface area (Å²) in [4.78, 5) is 25.5. The van der Waals surface area contributed by atoms with Gasteiger partial charge in [-0.3, -0.25) is 9.59 Å². The molecule has 0 fully saturated rings. The highest BCUT2D eigenvalue weighted by atomic mass is 19.1. The van der Waals surface area contributed by atoms with E-state index in [2.05, 4.69) is 49.6 Å². The smallest absolute Gasteiger partial charge is 0.255 e. The first-order valence-corrected chi connectivity index (χ1v) is 13.5. The molecule has 9 heteroatoms. The van der Waals surface area contributed by atoms with Gasteiger partial charge in [-0.2, -0.15) is 5.10 Å². The van der Waals surface area contributed by atoms with Gasteiger partial charge in [-0.1, -0.05) is 45.0 Å². The minimum atomic E-state index is -0.564. The van der Waals surface area contributed by atoms with E-state index in [1.165, 1.54) is 36.4 Å². The predicted molar refractivity (Wildman–Crippen MR) is 157 cm³/mol. The molecule has 1 aliphatic rings. The normalized spacial score (nSPS) is 12.5. The molecule has 41 heavy (non-hydrogen) atoms. The fraction of sp³-hybridized carbons (Fsp3) is 0.281. The first kappa shape index (κ1) is 27.9. The van der Waals surface area contributed by atoms with Gasteiger partial charge in [0.2, 0.25) is 0 Å². The van der Waals surface area contributed by atoms with Crippen molar-refractivity contribution in [3.8, 4) is 17.0 Å². The number of aromatic nitrogens is 2. The quantitative estimate of drug-likeness (QED) is 0.286. The van der Waals surface area contributed by atoms with Crippen molar-refractivity contribution in [2.45, 2.75) is 52.6 Å². The number of primary amides is 1. The van der Waals surface area contributed by atoms with Crippen LogP contribution < -0.4 is 21.1 Å². The van der Waals surface area contributed by atoms with Crippen molar-refractivity contribution >= 4 is 23.3 Å². The summed E-state index contributed by atoms with van der Waals surface area (Å²) in [6.07, 6.45) is 0.759. The number of nitrogens with one attached hydrogen (secondary N) is 2. The predicted octanol–water partition coefficient (Wildman–Crippen LogP) is 5.63. The van der Waals surface area contributed by atoms with E-state index in [0.717, 1.165) is 28.8 Å². The van der Waals surface area contributed by atoms with E-state index in [-0.39, 0.29) is 29.2 Å². The van der Waals surface area contributed by atoms with Crippen LogP contribution in [0.4, 0.5) is 15.9 Å². The molecule has 0 spiro atoms. The molecule has 8 nitrogen and oxygen atoms in total. The molecular weight excluding hydrogens is 521 g/mol. The van der Waals surface area contributed by atoms with Gasteiger partial charge in [0, 0.05) is 30.4 Å². The summed E-state index contributed by atoms with van der Waals surface area (Å²) in [5, 5.41) is 11.1. The number of aryl methyl sites for hydroxylation is 3. The molecule has 2 amide bonds. The number of rotatable bonds is 6. The number of carbonyl (C=O) groups excluding carboxylic acids is 2. The van der Waals surface area contributed by atoms with Crippen LogP contribution in [0.25, 0.3) is 11.3 Å². The maximum atomic E-state index is 13.5. The zero-order chi connectivity index (χ0) is 29.5. The molecule has 0 saturated heterocycles. The van der Waals surface area contributed by atoms with Crippen LogP contribution in [0.3, 0.4) is 0 Å². The van der Waals surface area contributed by atoms with Crippen molar-refractivity contribution in [1.82, 2.24) is 15.1 Å². The maximum absolute atomic E-state index is 13.5. The fourth-order valence-corrected chi connectivity index (χ4v) is 5.09. The first-order valence-electron chi connectivity index (χ1n) is 13.5. The Kier molecular flexibility index (Phi) is 7.29. The lowest BCUT2D eigenvalue weighted by molar-refractivity contribution is 0.0946. The van der Waals surface area contributed by atoms with Crippen LogP contribution in [0.5, 0.6) is 5.75 Å². The van der Waals surface area contributed by atoms with Crippen molar-refractivity contribution in [1.29, 1.82) is 0 Å². The molecule has 4 N–H and O–H groups in total. The topological polar surface area (TPSA) is 111 Å². The van der Waals surface area contributed by atoms with Crippen LogP contribution >= 0.6 is 0 Å². The molecule has 0 atom stereocenters. The van der Waals surface area contributed by atoms with Gasteiger partial charge >= 0.3 is 0 Å². The lowest BCUT2D eigenvalue weighted by atomic mass is 9.85. The van der Waals surface area contributed by atoms with Crippen LogP contribution in [0.15, 0.2) is 54.6 Å². The van der Waals surface area contributed by atoms with Crippen LogP contribution in [-0.4, -0.2) is 28.7 Å². The highest BCUT2D eigenvalue weighted by Gasteiger charge is 2.27. The highest BCUT2D eigenvalue weighted by molar-refractivity contribution is 6.04. The van der Waals surface area contributed by atoms with Gasteiger partial charge in [-0.25, -0.2) is 9.07 Å².